The van der Waals surface area contributed by atoms with Crippen LogP contribution in [0, 0.1) is 0 Å². The molecule has 1 amide bonds. The zero-order valence-corrected chi connectivity index (χ0v) is 9.11. The second-order valence-corrected chi connectivity index (χ2v) is 4.68. The minimum absolute atomic E-state index is 0.0452. The molecule has 0 bridgehead atoms. The van der Waals surface area contributed by atoms with Gasteiger partial charge in [0.1, 0.15) is 17.3 Å². The van der Waals surface area contributed by atoms with Crippen LogP contribution < -0.4 is 10.5 Å². The Balaban J connectivity index is 2.17. The van der Waals surface area contributed by atoms with Gasteiger partial charge in [0.15, 0.2) is 0 Å². The number of hydrogen-bond acceptors (Lipinski definition) is 2. The summed E-state index contributed by atoms with van der Waals surface area (Å²) in [4.78, 5) is 11.9. The average Bonchev–Trinajstić information content (AvgIpc) is 2.64. The van der Waals surface area contributed by atoms with Crippen LogP contribution in [0.25, 0.3) is 0 Å². The van der Waals surface area contributed by atoms with Crippen molar-refractivity contribution in [2.24, 2.45) is 5.73 Å². The molecule has 1 saturated carbocycles. The van der Waals surface area contributed by atoms with Gasteiger partial charge in [-0.1, -0.05) is 24.6 Å². The first-order valence-corrected chi connectivity index (χ1v) is 5.81. The molecule has 0 aromatic heterocycles. The zero-order chi connectivity index (χ0) is 11.2. The van der Waals surface area contributed by atoms with Crippen LogP contribution in [0.4, 0.5) is 0 Å². The first-order chi connectivity index (χ1) is 7.75. The van der Waals surface area contributed by atoms with E-state index in [1.165, 1.54) is 0 Å². The van der Waals surface area contributed by atoms with Crippen molar-refractivity contribution in [1.82, 2.24) is 0 Å². The number of amides is 1. The lowest BCUT2D eigenvalue weighted by Gasteiger charge is -2.35. The van der Waals surface area contributed by atoms with Crippen molar-refractivity contribution >= 4 is 5.91 Å². The number of carbonyl (C=O) groups excluding carboxylic acids is 1. The van der Waals surface area contributed by atoms with Crippen LogP contribution in [0.2, 0.25) is 0 Å². The van der Waals surface area contributed by atoms with Crippen LogP contribution in [0.3, 0.4) is 0 Å². The van der Waals surface area contributed by atoms with Crippen LogP contribution >= 0.6 is 0 Å². The summed E-state index contributed by atoms with van der Waals surface area (Å²) in [6.07, 6.45) is 3.88. The Labute approximate surface area is 94.6 Å². The first kappa shape index (κ1) is 9.70. The van der Waals surface area contributed by atoms with Gasteiger partial charge in [-0.3, -0.25) is 4.79 Å². The minimum atomic E-state index is -0.561. The third kappa shape index (κ3) is 1.06. The van der Waals surface area contributed by atoms with Gasteiger partial charge in [0.2, 0.25) is 5.91 Å². The molecular weight excluding hydrogens is 202 g/mol. The van der Waals surface area contributed by atoms with Crippen molar-refractivity contribution in [1.29, 1.82) is 0 Å². The molecule has 1 aliphatic heterocycles. The fourth-order valence-corrected chi connectivity index (χ4v) is 3.11. The molecule has 1 aromatic carbocycles. The molecule has 3 nitrogen and oxygen atoms in total. The number of fused-ring (bicyclic) bond motifs is 3. The molecule has 3 rings (SSSR count). The second-order valence-electron chi connectivity index (χ2n) is 4.68. The van der Waals surface area contributed by atoms with E-state index in [0.717, 1.165) is 37.0 Å². The Hall–Kier alpha value is -1.51. The molecular formula is C13H15NO2. The van der Waals surface area contributed by atoms with Gasteiger partial charge in [-0.2, -0.15) is 0 Å². The van der Waals surface area contributed by atoms with E-state index in [4.69, 9.17) is 10.5 Å². The molecule has 3 heteroatoms. The molecule has 2 N–H and O–H groups in total. The third-order valence-corrected chi connectivity index (χ3v) is 3.91. The number of rotatable bonds is 1. The summed E-state index contributed by atoms with van der Waals surface area (Å²) in [6.45, 7) is 0. The van der Waals surface area contributed by atoms with Crippen molar-refractivity contribution in [2.45, 2.75) is 37.2 Å². The van der Waals surface area contributed by atoms with Gasteiger partial charge >= 0.3 is 0 Å². The molecule has 1 aliphatic carbocycles. The van der Waals surface area contributed by atoms with E-state index in [2.05, 4.69) is 0 Å². The van der Waals surface area contributed by atoms with Crippen LogP contribution in [0.5, 0.6) is 5.75 Å². The highest BCUT2D eigenvalue weighted by Gasteiger charge is 2.54. The molecule has 0 radical (unpaired) electrons. The number of primary amides is 1. The Morgan fingerprint density at radius 1 is 1.38 bits per heavy atom. The predicted octanol–water partition coefficient (Wildman–Crippen LogP) is 1.74. The standard InChI is InChI=1S/C13H15NO2/c14-12(15)13-8-4-3-7-11(13)16-10-6-2-1-5-9(10)13/h1-2,5-6,11H,3-4,7-8H2,(H2,14,15). The van der Waals surface area contributed by atoms with Crippen molar-refractivity contribution < 1.29 is 9.53 Å². The number of ether oxygens (including phenoxy) is 1. The van der Waals surface area contributed by atoms with E-state index >= 15 is 0 Å². The average molecular weight is 217 g/mol. The Morgan fingerprint density at radius 2 is 2.19 bits per heavy atom. The quantitative estimate of drug-likeness (QED) is 0.779. The summed E-state index contributed by atoms with van der Waals surface area (Å²) < 4.78 is 5.87. The summed E-state index contributed by atoms with van der Waals surface area (Å²) in [7, 11) is 0. The number of carbonyl (C=O) groups is 1. The maximum atomic E-state index is 11.9. The van der Waals surface area contributed by atoms with E-state index in [0.29, 0.717) is 0 Å². The van der Waals surface area contributed by atoms with E-state index in [1.54, 1.807) is 0 Å². The molecule has 1 fully saturated rings. The summed E-state index contributed by atoms with van der Waals surface area (Å²) in [5.41, 5.74) is 6.07. The maximum Gasteiger partial charge on any atom is 0.232 e. The first-order valence-electron chi connectivity index (χ1n) is 5.81. The van der Waals surface area contributed by atoms with Gasteiger partial charge in [-0.25, -0.2) is 0 Å². The Kier molecular flexibility index (Phi) is 1.96. The van der Waals surface area contributed by atoms with Crippen molar-refractivity contribution in [3.63, 3.8) is 0 Å². The van der Waals surface area contributed by atoms with Crippen molar-refractivity contribution in [3.8, 4) is 5.75 Å². The smallest absolute Gasteiger partial charge is 0.232 e. The fourth-order valence-electron chi connectivity index (χ4n) is 3.11. The lowest BCUT2D eigenvalue weighted by molar-refractivity contribution is -0.127. The number of benzene rings is 1. The van der Waals surface area contributed by atoms with Crippen LogP contribution in [0.1, 0.15) is 31.2 Å². The fraction of sp³-hybridized carbons (Fsp3) is 0.462. The summed E-state index contributed by atoms with van der Waals surface area (Å²) in [5, 5.41) is 0. The maximum absolute atomic E-state index is 11.9. The van der Waals surface area contributed by atoms with Crippen molar-refractivity contribution in [3.05, 3.63) is 29.8 Å². The van der Waals surface area contributed by atoms with E-state index in [1.807, 2.05) is 24.3 Å². The zero-order valence-electron chi connectivity index (χ0n) is 9.11. The lowest BCUT2D eigenvalue weighted by atomic mass is 9.68. The summed E-state index contributed by atoms with van der Waals surface area (Å²) in [6, 6.07) is 7.79. The summed E-state index contributed by atoms with van der Waals surface area (Å²) in [5.74, 6) is 0.607. The van der Waals surface area contributed by atoms with Crippen LogP contribution in [-0.2, 0) is 10.2 Å². The molecule has 2 atom stereocenters. The topological polar surface area (TPSA) is 52.3 Å². The molecule has 0 saturated heterocycles. The molecule has 2 unspecified atom stereocenters. The monoisotopic (exact) mass is 217 g/mol. The Bertz CT molecular complexity index is 443. The van der Waals surface area contributed by atoms with Gasteiger partial charge in [-0.05, 0) is 25.3 Å². The Morgan fingerprint density at radius 3 is 3.00 bits per heavy atom. The normalized spacial score (nSPS) is 31.4. The lowest BCUT2D eigenvalue weighted by Crippen LogP contribution is -2.50. The van der Waals surface area contributed by atoms with Crippen molar-refractivity contribution in [2.75, 3.05) is 0 Å². The van der Waals surface area contributed by atoms with Gasteiger partial charge in [-0.15, -0.1) is 0 Å². The molecule has 84 valence electrons. The highest BCUT2D eigenvalue weighted by molar-refractivity contribution is 5.89. The van der Waals surface area contributed by atoms with Gasteiger partial charge in [0, 0.05) is 5.56 Å². The SMILES string of the molecule is NC(=O)C12CCCCC1Oc1ccccc12. The van der Waals surface area contributed by atoms with Gasteiger partial charge < -0.3 is 10.5 Å². The van der Waals surface area contributed by atoms with E-state index < -0.39 is 5.41 Å². The third-order valence-electron chi connectivity index (χ3n) is 3.91. The number of hydrogen-bond donors (Lipinski definition) is 1. The van der Waals surface area contributed by atoms with E-state index in [-0.39, 0.29) is 12.0 Å². The van der Waals surface area contributed by atoms with Crippen LogP contribution in [-0.4, -0.2) is 12.0 Å². The summed E-state index contributed by atoms with van der Waals surface area (Å²) >= 11 is 0. The predicted molar refractivity (Wildman–Crippen MR) is 60.2 cm³/mol. The molecule has 16 heavy (non-hydrogen) atoms. The highest BCUT2D eigenvalue weighted by atomic mass is 16.5. The molecule has 1 heterocycles. The minimum Gasteiger partial charge on any atom is -0.489 e. The molecule has 1 aromatic rings. The van der Waals surface area contributed by atoms with Gasteiger partial charge in [0.25, 0.3) is 0 Å². The highest BCUT2D eigenvalue weighted by Crippen LogP contribution is 2.49. The molecule has 2 aliphatic rings. The largest absolute Gasteiger partial charge is 0.489 e. The molecule has 0 spiro atoms. The van der Waals surface area contributed by atoms with Crippen LogP contribution in [0.15, 0.2) is 24.3 Å². The van der Waals surface area contributed by atoms with Gasteiger partial charge in [0.05, 0.1) is 0 Å². The van der Waals surface area contributed by atoms with E-state index in [9.17, 15) is 4.79 Å². The second kappa shape index (κ2) is 3.24. The number of nitrogens with two attached hydrogens (primary N) is 1. The number of para-hydroxylation sites is 1.